The Balaban J connectivity index is 2.09. The first kappa shape index (κ1) is 14.1. The molecule has 4 rings (SSSR count). The first-order valence-corrected chi connectivity index (χ1v) is 8.01. The summed E-state index contributed by atoms with van der Waals surface area (Å²) < 4.78 is 1.58. The lowest BCUT2D eigenvalue weighted by Gasteiger charge is -2.17. The topological polar surface area (TPSA) is 89.6 Å². The molecule has 1 saturated carbocycles. The molecule has 3 N–H and O–H groups in total. The highest BCUT2D eigenvalue weighted by molar-refractivity contribution is 5.82. The van der Waals surface area contributed by atoms with Crippen molar-refractivity contribution in [2.75, 3.05) is 0 Å². The highest BCUT2D eigenvalue weighted by Gasteiger charge is 2.28. The first-order chi connectivity index (χ1) is 11.2. The number of rotatable bonds is 4. The molecule has 0 saturated heterocycles. The number of fused-ring (bicyclic) bond motifs is 1. The molecule has 6 heteroatoms. The van der Waals surface area contributed by atoms with Crippen molar-refractivity contribution in [3.8, 4) is 5.82 Å². The summed E-state index contributed by atoms with van der Waals surface area (Å²) in [5, 5.41) is 7.53. The number of hydrogen-bond donors (Lipinski definition) is 2. The standard InChI is InChI=1S/C17H19N5O/c1-2-12(18)16-20-13-5-3-4-11(10-6-7-10)15(13)17(23)22(16)14-8-9-19-21-14/h3-5,8-10,12H,2,6-7,18H2,1H3,(H,19,21)/t12-/m0/s1. The molecule has 6 nitrogen and oxygen atoms in total. The number of aromatic amines is 1. The molecule has 1 atom stereocenters. The maximum atomic E-state index is 13.2. The van der Waals surface area contributed by atoms with Crippen LogP contribution in [0.5, 0.6) is 0 Å². The van der Waals surface area contributed by atoms with E-state index in [0.29, 0.717) is 29.4 Å². The molecule has 0 bridgehead atoms. The van der Waals surface area contributed by atoms with Gasteiger partial charge in [0, 0.05) is 6.07 Å². The maximum absolute atomic E-state index is 13.2. The Morgan fingerprint density at radius 2 is 2.22 bits per heavy atom. The number of H-pyrrole nitrogens is 1. The molecule has 1 aromatic carbocycles. The second-order valence-corrected chi connectivity index (χ2v) is 6.08. The molecule has 2 heterocycles. The van der Waals surface area contributed by atoms with Gasteiger partial charge in [-0.25, -0.2) is 9.55 Å². The predicted octanol–water partition coefficient (Wildman–Crippen LogP) is 2.40. The Bertz CT molecular complexity index is 909. The average molecular weight is 309 g/mol. The van der Waals surface area contributed by atoms with Crippen LogP contribution in [0.25, 0.3) is 16.7 Å². The molecule has 0 unspecified atom stereocenters. The van der Waals surface area contributed by atoms with Crippen molar-refractivity contribution in [1.82, 2.24) is 19.7 Å². The van der Waals surface area contributed by atoms with Crippen LogP contribution in [0.1, 0.15) is 49.5 Å². The molecule has 2 aromatic heterocycles. The molecule has 1 fully saturated rings. The van der Waals surface area contributed by atoms with E-state index in [1.807, 2.05) is 25.1 Å². The van der Waals surface area contributed by atoms with Crippen molar-refractivity contribution in [1.29, 1.82) is 0 Å². The van der Waals surface area contributed by atoms with Crippen LogP contribution in [0.4, 0.5) is 0 Å². The van der Waals surface area contributed by atoms with Gasteiger partial charge in [0.05, 0.1) is 23.1 Å². The van der Waals surface area contributed by atoms with Crippen LogP contribution in [-0.4, -0.2) is 19.7 Å². The summed E-state index contributed by atoms with van der Waals surface area (Å²) in [5.74, 6) is 1.66. The summed E-state index contributed by atoms with van der Waals surface area (Å²) in [4.78, 5) is 18.0. The zero-order valence-corrected chi connectivity index (χ0v) is 13.0. The van der Waals surface area contributed by atoms with Crippen molar-refractivity contribution in [2.24, 2.45) is 5.73 Å². The smallest absolute Gasteiger partial charge is 0.267 e. The lowest BCUT2D eigenvalue weighted by molar-refractivity contribution is 0.618. The van der Waals surface area contributed by atoms with E-state index in [1.165, 1.54) is 0 Å². The Hall–Kier alpha value is -2.47. The van der Waals surface area contributed by atoms with E-state index >= 15 is 0 Å². The summed E-state index contributed by atoms with van der Waals surface area (Å²) in [6, 6.07) is 7.37. The summed E-state index contributed by atoms with van der Waals surface area (Å²) >= 11 is 0. The highest BCUT2D eigenvalue weighted by atomic mass is 16.1. The largest absolute Gasteiger partial charge is 0.321 e. The van der Waals surface area contributed by atoms with E-state index in [0.717, 1.165) is 23.9 Å². The second kappa shape index (κ2) is 5.31. The van der Waals surface area contributed by atoms with Crippen LogP contribution < -0.4 is 11.3 Å². The Labute approximate surface area is 133 Å². The van der Waals surface area contributed by atoms with Gasteiger partial charge in [-0.1, -0.05) is 19.1 Å². The average Bonchev–Trinajstić information content (AvgIpc) is 3.28. The minimum Gasteiger partial charge on any atom is -0.321 e. The van der Waals surface area contributed by atoms with Gasteiger partial charge in [-0.15, -0.1) is 0 Å². The molecular weight excluding hydrogens is 290 g/mol. The third-order valence-corrected chi connectivity index (χ3v) is 4.47. The molecule has 0 spiro atoms. The predicted molar refractivity (Wildman–Crippen MR) is 88.7 cm³/mol. The SMILES string of the molecule is CC[C@H](N)c1nc2cccc(C3CC3)c2c(=O)n1-c1ccn[nH]1. The van der Waals surface area contributed by atoms with Gasteiger partial charge in [0.1, 0.15) is 11.6 Å². The zero-order chi connectivity index (χ0) is 16.0. The van der Waals surface area contributed by atoms with E-state index in [9.17, 15) is 4.79 Å². The number of hydrogen-bond acceptors (Lipinski definition) is 4. The number of aromatic nitrogens is 4. The summed E-state index contributed by atoms with van der Waals surface area (Å²) in [6.07, 6.45) is 4.60. The third kappa shape index (κ3) is 2.26. The van der Waals surface area contributed by atoms with Gasteiger partial charge in [0.15, 0.2) is 0 Å². The molecule has 3 aromatic rings. The monoisotopic (exact) mass is 309 g/mol. The zero-order valence-electron chi connectivity index (χ0n) is 13.0. The molecule has 0 amide bonds. The second-order valence-electron chi connectivity index (χ2n) is 6.08. The van der Waals surface area contributed by atoms with Crippen molar-refractivity contribution in [3.05, 3.63) is 52.2 Å². The first-order valence-electron chi connectivity index (χ1n) is 8.01. The fraction of sp³-hybridized carbons (Fsp3) is 0.353. The fourth-order valence-corrected chi connectivity index (χ4v) is 3.04. The molecule has 0 radical (unpaired) electrons. The van der Waals surface area contributed by atoms with Crippen LogP contribution in [0.2, 0.25) is 0 Å². The number of nitrogens with one attached hydrogen (secondary N) is 1. The molecular formula is C17H19N5O. The molecule has 1 aliphatic rings. The van der Waals surface area contributed by atoms with Crippen molar-refractivity contribution in [3.63, 3.8) is 0 Å². The quantitative estimate of drug-likeness (QED) is 0.774. The summed E-state index contributed by atoms with van der Waals surface area (Å²) in [6.45, 7) is 1.99. The van der Waals surface area contributed by atoms with Crippen LogP contribution in [0.3, 0.4) is 0 Å². The van der Waals surface area contributed by atoms with Crippen molar-refractivity contribution >= 4 is 10.9 Å². The van der Waals surface area contributed by atoms with Crippen molar-refractivity contribution < 1.29 is 0 Å². The maximum Gasteiger partial charge on any atom is 0.267 e. The fourth-order valence-electron chi connectivity index (χ4n) is 3.04. The molecule has 23 heavy (non-hydrogen) atoms. The third-order valence-electron chi connectivity index (χ3n) is 4.47. The lowest BCUT2D eigenvalue weighted by Crippen LogP contribution is -2.29. The van der Waals surface area contributed by atoms with Gasteiger partial charge in [0.25, 0.3) is 5.56 Å². The normalized spacial score (nSPS) is 15.9. The Kier molecular flexibility index (Phi) is 3.27. The van der Waals surface area contributed by atoms with Crippen LogP contribution in [-0.2, 0) is 0 Å². The number of nitrogens with two attached hydrogens (primary N) is 1. The molecule has 1 aliphatic carbocycles. The summed E-state index contributed by atoms with van der Waals surface area (Å²) in [5.41, 5.74) is 7.98. The van der Waals surface area contributed by atoms with Gasteiger partial charge < -0.3 is 5.73 Å². The van der Waals surface area contributed by atoms with E-state index < -0.39 is 0 Å². The molecule has 118 valence electrons. The van der Waals surface area contributed by atoms with Crippen LogP contribution in [0.15, 0.2) is 35.3 Å². The van der Waals surface area contributed by atoms with E-state index in [1.54, 1.807) is 16.8 Å². The van der Waals surface area contributed by atoms with Gasteiger partial charge in [-0.3, -0.25) is 9.89 Å². The van der Waals surface area contributed by atoms with Gasteiger partial charge >= 0.3 is 0 Å². The Morgan fingerprint density at radius 1 is 1.39 bits per heavy atom. The van der Waals surface area contributed by atoms with E-state index in [4.69, 9.17) is 10.7 Å². The minimum atomic E-state index is -0.306. The molecule has 0 aliphatic heterocycles. The van der Waals surface area contributed by atoms with Gasteiger partial charge in [-0.05, 0) is 36.8 Å². The summed E-state index contributed by atoms with van der Waals surface area (Å²) in [7, 11) is 0. The van der Waals surface area contributed by atoms with Crippen LogP contribution in [0, 0.1) is 0 Å². The van der Waals surface area contributed by atoms with E-state index in [-0.39, 0.29) is 11.6 Å². The van der Waals surface area contributed by atoms with E-state index in [2.05, 4.69) is 10.2 Å². The number of benzene rings is 1. The lowest BCUT2D eigenvalue weighted by atomic mass is 10.0. The van der Waals surface area contributed by atoms with Crippen molar-refractivity contribution in [2.45, 2.75) is 38.1 Å². The highest BCUT2D eigenvalue weighted by Crippen LogP contribution is 2.42. The van der Waals surface area contributed by atoms with Gasteiger partial charge in [-0.2, -0.15) is 5.10 Å². The minimum absolute atomic E-state index is 0.0688. The Morgan fingerprint density at radius 3 is 2.87 bits per heavy atom. The van der Waals surface area contributed by atoms with Gasteiger partial charge in [0.2, 0.25) is 0 Å². The van der Waals surface area contributed by atoms with Crippen LogP contribution >= 0.6 is 0 Å². The number of nitrogens with zero attached hydrogens (tertiary/aromatic N) is 3.